The molecule has 0 bridgehead atoms. The molecule has 1 fully saturated rings. The molecule has 1 unspecified atom stereocenters. The van der Waals surface area contributed by atoms with Crippen molar-refractivity contribution in [3.63, 3.8) is 0 Å². The van der Waals surface area contributed by atoms with E-state index in [0.717, 1.165) is 19.3 Å². The molecule has 1 aliphatic heterocycles. The van der Waals surface area contributed by atoms with Crippen LogP contribution in [0.15, 0.2) is 0 Å². The van der Waals surface area contributed by atoms with Crippen LogP contribution < -0.4 is 0 Å². The molecule has 78 valence electrons. The Kier molecular flexibility index (Phi) is 4.98. The summed E-state index contributed by atoms with van der Waals surface area (Å²) in [4.78, 5) is 0. The van der Waals surface area contributed by atoms with Crippen LogP contribution in [0, 0.1) is 0 Å². The SMILES string of the molecule is CCC(O)CCC1(C)SCCCS1. The van der Waals surface area contributed by atoms with Gasteiger partial charge in [0.2, 0.25) is 0 Å². The minimum Gasteiger partial charge on any atom is -0.393 e. The highest BCUT2D eigenvalue weighted by Gasteiger charge is 2.28. The van der Waals surface area contributed by atoms with Gasteiger partial charge < -0.3 is 5.11 Å². The van der Waals surface area contributed by atoms with Crippen LogP contribution in [-0.2, 0) is 0 Å². The van der Waals surface area contributed by atoms with Crippen molar-refractivity contribution < 1.29 is 5.11 Å². The highest BCUT2D eigenvalue weighted by Crippen LogP contribution is 2.45. The molecule has 1 aliphatic rings. The van der Waals surface area contributed by atoms with Crippen LogP contribution in [0.5, 0.6) is 0 Å². The van der Waals surface area contributed by atoms with E-state index in [4.69, 9.17) is 0 Å². The molecule has 1 N–H and O–H groups in total. The second kappa shape index (κ2) is 5.52. The summed E-state index contributed by atoms with van der Waals surface area (Å²) in [6.45, 7) is 4.37. The molecule has 0 radical (unpaired) electrons. The van der Waals surface area contributed by atoms with Gasteiger partial charge in [-0.3, -0.25) is 0 Å². The van der Waals surface area contributed by atoms with E-state index < -0.39 is 0 Å². The summed E-state index contributed by atoms with van der Waals surface area (Å²) in [7, 11) is 0. The van der Waals surface area contributed by atoms with Gasteiger partial charge in [0.1, 0.15) is 0 Å². The minimum absolute atomic E-state index is 0.0834. The Morgan fingerprint density at radius 2 is 2.00 bits per heavy atom. The third-order valence-electron chi connectivity index (χ3n) is 2.51. The molecule has 1 rings (SSSR count). The smallest absolute Gasteiger partial charge is 0.0584 e. The van der Waals surface area contributed by atoms with Gasteiger partial charge in [0.15, 0.2) is 0 Å². The van der Waals surface area contributed by atoms with E-state index in [0.29, 0.717) is 4.08 Å². The van der Waals surface area contributed by atoms with Gasteiger partial charge in [0.05, 0.1) is 10.2 Å². The van der Waals surface area contributed by atoms with Crippen LogP contribution in [0.1, 0.15) is 39.5 Å². The Labute approximate surface area is 90.1 Å². The topological polar surface area (TPSA) is 20.2 Å². The molecule has 0 aromatic heterocycles. The molecule has 0 amide bonds. The standard InChI is InChI=1S/C10H20OS2/c1-3-9(11)5-6-10(2)12-7-4-8-13-10/h9,11H,3-8H2,1-2H3. The van der Waals surface area contributed by atoms with E-state index in [-0.39, 0.29) is 6.10 Å². The molecular weight excluding hydrogens is 200 g/mol. The average molecular weight is 220 g/mol. The Balaban J connectivity index is 2.24. The number of hydrogen-bond acceptors (Lipinski definition) is 3. The van der Waals surface area contributed by atoms with E-state index in [1.807, 2.05) is 6.92 Å². The van der Waals surface area contributed by atoms with Crippen LogP contribution in [0.2, 0.25) is 0 Å². The van der Waals surface area contributed by atoms with Gasteiger partial charge in [-0.05, 0) is 44.1 Å². The Morgan fingerprint density at radius 3 is 2.54 bits per heavy atom. The lowest BCUT2D eigenvalue weighted by atomic mass is 10.1. The van der Waals surface area contributed by atoms with Crippen molar-refractivity contribution in [2.24, 2.45) is 0 Å². The molecule has 0 aliphatic carbocycles. The molecule has 1 saturated heterocycles. The van der Waals surface area contributed by atoms with Gasteiger partial charge in [0, 0.05) is 0 Å². The van der Waals surface area contributed by atoms with Crippen molar-refractivity contribution in [3.05, 3.63) is 0 Å². The van der Waals surface area contributed by atoms with Crippen molar-refractivity contribution in [3.8, 4) is 0 Å². The molecule has 1 heterocycles. The van der Waals surface area contributed by atoms with Crippen LogP contribution in [0.3, 0.4) is 0 Å². The average Bonchev–Trinajstić information content (AvgIpc) is 2.15. The maximum atomic E-state index is 9.48. The predicted molar refractivity (Wildman–Crippen MR) is 63.5 cm³/mol. The predicted octanol–water partition coefficient (Wildman–Crippen LogP) is 3.12. The van der Waals surface area contributed by atoms with Crippen LogP contribution >= 0.6 is 23.5 Å². The molecule has 13 heavy (non-hydrogen) atoms. The molecule has 0 aromatic carbocycles. The summed E-state index contributed by atoms with van der Waals surface area (Å²) < 4.78 is 0.383. The lowest BCUT2D eigenvalue weighted by molar-refractivity contribution is 0.157. The summed E-state index contributed by atoms with van der Waals surface area (Å²) in [5.74, 6) is 2.59. The molecule has 0 aromatic rings. The zero-order valence-corrected chi connectivity index (χ0v) is 10.2. The van der Waals surface area contributed by atoms with E-state index in [1.54, 1.807) is 0 Å². The lowest BCUT2D eigenvalue weighted by Gasteiger charge is -2.32. The number of aliphatic hydroxyl groups is 1. The maximum Gasteiger partial charge on any atom is 0.0584 e. The summed E-state index contributed by atoms with van der Waals surface area (Å²) in [5, 5.41) is 9.48. The zero-order valence-electron chi connectivity index (χ0n) is 8.58. The quantitative estimate of drug-likeness (QED) is 0.786. The first-order valence-electron chi connectivity index (χ1n) is 5.12. The molecule has 3 heteroatoms. The van der Waals surface area contributed by atoms with Crippen molar-refractivity contribution in [1.82, 2.24) is 0 Å². The first kappa shape index (κ1) is 11.7. The highest BCUT2D eigenvalue weighted by molar-refractivity contribution is 8.18. The zero-order chi connectivity index (χ0) is 9.73. The normalized spacial score (nSPS) is 24.2. The summed E-state index contributed by atoms with van der Waals surface area (Å²) >= 11 is 4.14. The van der Waals surface area contributed by atoms with E-state index >= 15 is 0 Å². The fourth-order valence-electron chi connectivity index (χ4n) is 1.45. The first-order valence-corrected chi connectivity index (χ1v) is 7.09. The largest absolute Gasteiger partial charge is 0.393 e. The van der Waals surface area contributed by atoms with E-state index in [2.05, 4.69) is 30.4 Å². The number of hydrogen-bond donors (Lipinski definition) is 1. The lowest BCUT2D eigenvalue weighted by Crippen LogP contribution is -2.22. The van der Waals surface area contributed by atoms with E-state index in [9.17, 15) is 5.11 Å². The molecule has 1 nitrogen and oxygen atoms in total. The monoisotopic (exact) mass is 220 g/mol. The Morgan fingerprint density at radius 1 is 1.38 bits per heavy atom. The summed E-state index contributed by atoms with van der Waals surface area (Å²) in [6, 6.07) is 0. The van der Waals surface area contributed by atoms with E-state index in [1.165, 1.54) is 17.9 Å². The number of thioether (sulfide) groups is 2. The van der Waals surface area contributed by atoms with Crippen molar-refractivity contribution >= 4 is 23.5 Å². The minimum atomic E-state index is -0.0834. The second-order valence-electron chi connectivity index (χ2n) is 3.79. The Hall–Kier alpha value is 0.660. The molecular formula is C10H20OS2. The van der Waals surface area contributed by atoms with Gasteiger partial charge >= 0.3 is 0 Å². The third kappa shape index (κ3) is 4.13. The fourth-order valence-corrected chi connectivity index (χ4v) is 4.44. The highest BCUT2D eigenvalue weighted by atomic mass is 32.2. The van der Waals surface area contributed by atoms with Gasteiger partial charge in [-0.15, -0.1) is 23.5 Å². The van der Waals surface area contributed by atoms with Gasteiger partial charge in [0.25, 0.3) is 0 Å². The summed E-state index contributed by atoms with van der Waals surface area (Å²) in [5.41, 5.74) is 0. The first-order chi connectivity index (χ1) is 6.16. The van der Waals surface area contributed by atoms with Crippen molar-refractivity contribution in [1.29, 1.82) is 0 Å². The number of aliphatic hydroxyl groups excluding tert-OH is 1. The summed E-state index contributed by atoms with van der Waals surface area (Å²) in [6.07, 6.45) is 4.27. The number of rotatable bonds is 4. The second-order valence-corrected chi connectivity index (χ2v) is 7.24. The molecule has 1 atom stereocenters. The van der Waals surface area contributed by atoms with Crippen LogP contribution in [-0.4, -0.2) is 26.8 Å². The molecule has 0 saturated carbocycles. The fraction of sp³-hybridized carbons (Fsp3) is 1.00. The van der Waals surface area contributed by atoms with Gasteiger partial charge in [-0.1, -0.05) is 6.92 Å². The van der Waals surface area contributed by atoms with Crippen molar-refractivity contribution in [2.75, 3.05) is 11.5 Å². The maximum absolute atomic E-state index is 9.48. The molecule has 0 spiro atoms. The van der Waals surface area contributed by atoms with Crippen LogP contribution in [0.4, 0.5) is 0 Å². The van der Waals surface area contributed by atoms with Gasteiger partial charge in [-0.25, -0.2) is 0 Å². The third-order valence-corrected chi connectivity index (χ3v) is 5.83. The van der Waals surface area contributed by atoms with Gasteiger partial charge in [-0.2, -0.15) is 0 Å². The van der Waals surface area contributed by atoms with Crippen molar-refractivity contribution in [2.45, 2.75) is 49.7 Å². The Bertz CT molecular complexity index is 144. The van der Waals surface area contributed by atoms with Crippen LogP contribution in [0.25, 0.3) is 0 Å².